The van der Waals surface area contributed by atoms with E-state index in [0.717, 1.165) is 11.8 Å². The van der Waals surface area contributed by atoms with Gasteiger partial charge in [-0.05, 0) is 66.6 Å². The van der Waals surface area contributed by atoms with Crippen LogP contribution < -0.4 is 10.2 Å². The first-order valence-electron chi connectivity index (χ1n) is 10.1. The molecule has 0 spiro atoms. The monoisotopic (exact) mass is 527 g/mol. The van der Waals surface area contributed by atoms with Crippen LogP contribution in [0, 0.1) is 11.3 Å². The normalized spacial score (nSPS) is 16.8. The van der Waals surface area contributed by atoms with E-state index < -0.39 is 11.2 Å². The van der Waals surface area contributed by atoms with E-state index in [9.17, 15) is 14.9 Å². The zero-order chi connectivity index (χ0) is 24.2. The summed E-state index contributed by atoms with van der Waals surface area (Å²) in [5, 5.41) is 13.7. The number of benzene rings is 3. The zero-order valence-corrected chi connectivity index (χ0v) is 20.6. The molecule has 5 nitrogen and oxygen atoms in total. The second-order valence-electron chi connectivity index (χ2n) is 7.31. The van der Waals surface area contributed by atoms with Gasteiger partial charge in [0.1, 0.15) is 16.7 Å². The van der Waals surface area contributed by atoms with Crippen LogP contribution in [0.1, 0.15) is 5.56 Å². The molecule has 1 aliphatic rings. The van der Waals surface area contributed by atoms with E-state index in [1.807, 2.05) is 12.1 Å². The molecule has 0 radical (unpaired) electrons. The number of nitrogens with one attached hydrogen (secondary N) is 1. The van der Waals surface area contributed by atoms with Crippen molar-refractivity contribution in [3.8, 4) is 6.07 Å². The third kappa shape index (κ3) is 5.24. The Morgan fingerprint density at radius 1 is 1.00 bits per heavy atom. The highest BCUT2D eigenvalue weighted by Crippen LogP contribution is 2.43. The van der Waals surface area contributed by atoms with Crippen molar-refractivity contribution in [1.29, 1.82) is 5.26 Å². The minimum absolute atomic E-state index is 0.170. The van der Waals surface area contributed by atoms with Crippen molar-refractivity contribution >= 4 is 69.8 Å². The molecule has 0 aliphatic carbocycles. The van der Waals surface area contributed by atoms with Crippen molar-refractivity contribution in [2.24, 2.45) is 0 Å². The lowest BCUT2D eigenvalue weighted by Gasteiger charge is -2.19. The highest BCUT2D eigenvalue weighted by molar-refractivity contribution is 8.05. The van der Waals surface area contributed by atoms with E-state index in [1.165, 1.54) is 4.90 Å². The standard InChI is InChI=1S/C25H16Cl3N3O2S/c26-16-6-9-19(10-7-16)31-24(33)22(13-15-12-17(27)8-11-21(15)28)34-25(31)20(14-29)23(32)30-18-4-2-1-3-5-18/h1-12,22H,13H2,(H,30,32)/b25-20-/t22-/m1/s1. The number of nitrogens with zero attached hydrogens (tertiary/aromatic N) is 2. The number of anilines is 2. The molecule has 0 saturated carbocycles. The number of thioether (sulfide) groups is 1. The molecule has 1 heterocycles. The van der Waals surface area contributed by atoms with Crippen molar-refractivity contribution in [3.05, 3.63) is 104 Å². The van der Waals surface area contributed by atoms with Crippen LogP contribution in [0.25, 0.3) is 0 Å². The maximum absolute atomic E-state index is 13.5. The Kier molecular flexibility index (Phi) is 7.50. The van der Waals surface area contributed by atoms with Crippen LogP contribution in [0.3, 0.4) is 0 Å². The summed E-state index contributed by atoms with van der Waals surface area (Å²) in [7, 11) is 0. The lowest BCUT2D eigenvalue weighted by atomic mass is 10.1. The number of hydrogen-bond donors (Lipinski definition) is 1. The van der Waals surface area contributed by atoms with Gasteiger partial charge in [0, 0.05) is 26.4 Å². The van der Waals surface area contributed by atoms with Gasteiger partial charge in [-0.3, -0.25) is 14.5 Å². The summed E-state index contributed by atoms with van der Waals surface area (Å²) in [6, 6.07) is 22.4. The van der Waals surface area contributed by atoms with Gasteiger partial charge < -0.3 is 5.32 Å². The van der Waals surface area contributed by atoms with E-state index in [4.69, 9.17) is 34.8 Å². The van der Waals surface area contributed by atoms with Crippen LogP contribution in [0.4, 0.5) is 11.4 Å². The Morgan fingerprint density at radius 3 is 2.35 bits per heavy atom. The Balaban J connectivity index is 1.74. The number of rotatable bonds is 5. The Hall–Kier alpha value is -2.95. The fourth-order valence-corrected chi connectivity index (χ4v) is 5.24. The summed E-state index contributed by atoms with van der Waals surface area (Å²) in [6.07, 6.45) is 0.273. The van der Waals surface area contributed by atoms with Crippen LogP contribution in [-0.4, -0.2) is 17.1 Å². The first-order valence-corrected chi connectivity index (χ1v) is 12.1. The van der Waals surface area contributed by atoms with E-state index in [2.05, 4.69) is 5.32 Å². The van der Waals surface area contributed by atoms with Gasteiger partial charge in [-0.2, -0.15) is 5.26 Å². The first kappa shape index (κ1) is 24.2. The summed E-state index contributed by atoms with van der Waals surface area (Å²) in [4.78, 5) is 27.9. The lowest BCUT2D eigenvalue weighted by molar-refractivity contribution is -0.117. The fraction of sp³-hybridized carbons (Fsp3) is 0.0800. The minimum Gasteiger partial charge on any atom is -0.321 e. The van der Waals surface area contributed by atoms with Gasteiger partial charge in [-0.15, -0.1) is 0 Å². The van der Waals surface area contributed by atoms with Crippen molar-refractivity contribution in [3.63, 3.8) is 0 Å². The van der Waals surface area contributed by atoms with Crippen LogP contribution in [0.5, 0.6) is 0 Å². The topological polar surface area (TPSA) is 73.2 Å². The molecule has 3 aromatic carbocycles. The van der Waals surface area contributed by atoms with Crippen molar-refractivity contribution in [2.45, 2.75) is 11.7 Å². The van der Waals surface area contributed by atoms with Gasteiger partial charge in [0.15, 0.2) is 0 Å². The van der Waals surface area contributed by atoms with E-state index in [-0.39, 0.29) is 22.9 Å². The fourth-order valence-electron chi connectivity index (χ4n) is 3.43. The number of carbonyl (C=O) groups is 2. The van der Waals surface area contributed by atoms with Crippen molar-refractivity contribution in [2.75, 3.05) is 10.2 Å². The molecule has 9 heteroatoms. The number of para-hydroxylation sites is 1. The first-order chi connectivity index (χ1) is 16.4. The molecule has 1 N–H and O–H groups in total. The third-order valence-electron chi connectivity index (χ3n) is 5.04. The molecular weight excluding hydrogens is 513 g/mol. The predicted molar refractivity (Wildman–Crippen MR) is 138 cm³/mol. The van der Waals surface area contributed by atoms with Gasteiger partial charge in [-0.25, -0.2) is 0 Å². The molecular formula is C25H16Cl3N3O2S. The number of carbonyl (C=O) groups excluding carboxylic acids is 2. The third-order valence-corrected chi connectivity index (χ3v) is 7.15. The zero-order valence-electron chi connectivity index (χ0n) is 17.5. The maximum atomic E-state index is 13.5. The predicted octanol–water partition coefficient (Wildman–Crippen LogP) is 6.71. The van der Waals surface area contributed by atoms with Crippen molar-refractivity contribution in [1.82, 2.24) is 0 Å². The Bertz CT molecular complexity index is 1320. The molecule has 4 rings (SSSR count). The molecule has 3 aromatic rings. The molecule has 0 unspecified atom stereocenters. The molecule has 0 aromatic heterocycles. The lowest BCUT2D eigenvalue weighted by Crippen LogP contribution is -2.31. The van der Waals surface area contributed by atoms with E-state index in [0.29, 0.717) is 32.0 Å². The molecule has 170 valence electrons. The van der Waals surface area contributed by atoms with Gasteiger partial charge in [0.25, 0.3) is 5.91 Å². The van der Waals surface area contributed by atoms with E-state index in [1.54, 1.807) is 66.7 Å². The number of amides is 2. The molecule has 1 atom stereocenters. The number of hydrogen-bond acceptors (Lipinski definition) is 4. The smallest absolute Gasteiger partial charge is 0.269 e. The summed E-state index contributed by atoms with van der Waals surface area (Å²) in [6.45, 7) is 0. The average Bonchev–Trinajstić information content (AvgIpc) is 3.13. The molecule has 1 aliphatic heterocycles. The molecule has 2 amide bonds. The molecule has 1 saturated heterocycles. The van der Waals surface area contributed by atoms with Crippen LogP contribution in [0.2, 0.25) is 15.1 Å². The van der Waals surface area contributed by atoms with Gasteiger partial charge in [0.2, 0.25) is 5.91 Å². The van der Waals surface area contributed by atoms with Gasteiger partial charge in [0.05, 0.1) is 5.25 Å². The summed E-state index contributed by atoms with van der Waals surface area (Å²) in [5.41, 5.74) is 1.56. The summed E-state index contributed by atoms with van der Waals surface area (Å²) in [5.74, 6) is -0.886. The van der Waals surface area contributed by atoms with Gasteiger partial charge in [-0.1, -0.05) is 64.8 Å². The number of halogens is 3. The number of nitriles is 1. The largest absolute Gasteiger partial charge is 0.321 e. The van der Waals surface area contributed by atoms with E-state index >= 15 is 0 Å². The molecule has 0 bridgehead atoms. The van der Waals surface area contributed by atoms with Crippen LogP contribution in [0.15, 0.2) is 83.4 Å². The summed E-state index contributed by atoms with van der Waals surface area (Å²) < 4.78 is 0. The quantitative estimate of drug-likeness (QED) is 0.295. The second kappa shape index (κ2) is 10.5. The molecule has 34 heavy (non-hydrogen) atoms. The minimum atomic E-state index is -0.616. The maximum Gasteiger partial charge on any atom is 0.269 e. The Labute approximate surface area is 215 Å². The second-order valence-corrected chi connectivity index (χ2v) is 9.78. The Morgan fingerprint density at radius 2 is 1.68 bits per heavy atom. The average molecular weight is 529 g/mol. The van der Waals surface area contributed by atoms with Gasteiger partial charge >= 0.3 is 0 Å². The van der Waals surface area contributed by atoms with Crippen LogP contribution in [-0.2, 0) is 16.0 Å². The van der Waals surface area contributed by atoms with Crippen molar-refractivity contribution < 1.29 is 9.59 Å². The SMILES string of the molecule is N#C/C(C(=O)Nc1ccccc1)=C1/S[C@H](Cc2cc(Cl)ccc2Cl)C(=O)N1c1ccc(Cl)cc1. The molecule has 1 fully saturated rings. The van der Waals surface area contributed by atoms with Crippen LogP contribution >= 0.6 is 46.6 Å². The highest BCUT2D eigenvalue weighted by Gasteiger charge is 2.41. The highest BCUT2D eigenvalue weighted by atomic mass is 35.5. The summed E-state index contributed by atoms with van der Waals surface area (Å²) >= 11 is 19.6.